The lowest BCUT2D eigenvalue weighted by Crippen LogP contribution is -2.54. The lowest BCUT2D eigenvalue weighted by atomic mass is 9.94. The fourth-order valence-electron chi connectivity index (χ4n) is 4.50. The predicted molar refractivity (Wildman–Crippen MR) is 102 cm³/mol. The summed E-state index contributed by atoms with van der Waals surface area (Å²) in [7, 11) is 1.72. The first-order valence-electron chi connectivity index (χ1n) is 10.3. The average molecular weight is 396 g/mol. The summed E-state index contributed by atoms with van der Waals surface area (Å²) < 4.78 is 5.68. The van der Waals surface area contributed by atoms with Gasteiger partial charge in [0.25, 0.3) is 0 Å². The molecule has 3 amide bonds. The largest absolute Gasteiger partial charge is 0.480 e. The third-order valence-corrected chi connectivity index (χ3v) is 5.85. The minimum Gasteiger partial charge on any atom is -0.480 e. The highest BCUT2D eigenvalue weighted by molar-refractivity contribution is 5.82. The van der Waals surface area contributed by atoms with Crippen molar-refractivity contribution in [2.45, 2.75) is 56.7 Å². The number of carboxylic acid groups (broad SMARTS) is 1. The molecule has 0 aromatic rings. The Kier molecular flexibility index (Phi) is 7.12. The van der Waals surface area contributed by atoms with Crippen LogP contribution in [0.15, 0.2) is 0 Å². The van der Waals surface area contributed by atoms with Crippen molar-refractivity contribution in [2.24, 2.45) is 0 Å². The number of amides is 3. The lowest BCUT2D eigenvalue weighted by Gasteiger charge is -2.35. The van der Waals surface area contributed by atoms with E-state index < -0.39 is 5.97 Å². The Labute approximate surface area is 166 Å². The van der Waals surface area contributed by atoms with Crippen molar-refractivity contribution in [3.05, 3.63) is 0 Å². The van der Waals surface area contributed by atoms with E-state index in [4.69, 9.17) is 9.84 Å². The summed E-state index contributed by atoms with van der Waals surface area (Å²) in [4.78, 5) is 41.2. The van der Waals surface area contributed by atoms with Crippen LogP contribution in [0.5, 0.6) is 0 Å². The fourth-order valence-corrected chi connectivity index (χ4v) is 4.50. The van der Waals surface area contributed by atoms with Crippen LogP contribution in [0.2, 0.25) is 0 Å². The van der Waals surface area contributed by atoms with E-state index in [0.717, 1.165) is 12.8 Å². The van der Waals surface area contributed by atoms with Crippen molar-refractivity contribution in [1.29, 1.82) is 0 Å². The molecule has 1 aliphatic carbocycles. The summed E-state index contributed by atoms with van der Waals surface area (Å²) in [6.45, 7) is 2.34. The number of urea groups is 1. The molecule has 3 fully saturated rings. The predicted octanol–water partition coefficient (Wildman–Crippen LogP) is 0.347. The molecule has 2 aliphatic heterocycles. The molecular weight excluding hydrogens is 364 g/mol. The molecule has 2 heterocycles. The van der Waals surface area contributed by atoms with Crippen LogP contribution in [0.25, 0.3) is 0 Å². The van der Waals surface area contributed by atoms with Crippen LogP contribution in [0, 0.1) is 0 Å². The number of morpholine rings is 1. The highest BCUT2D eigenvalue weighted by Crippen LogP contribution is 2.26. The Morgan fingerprint density at radius 3 is 2.71 bits per heavy atom. The fraction of sp³-hybridized carbons (Fsp3) is 0.842. The Hall–Kier alpha value is -1.87. The molecule has 3 rings (SSSR count). The SMILES string of the molecule is CN(CC(=O)O)CC1CN(C(=O)NC2CC(=O)N(C3CCCCC3)C2)CCO1. The monoisotopic (exact) mass is 396 g/mol. The van der Waals surface area contributed by atoms with Crippen LogP contribution in [0.3, 0.4) is 0 Å². The molecule has 9 nitrogen and oxygen atoms in total. The molecule has 9 heteroatoms. The number of likely N-dealkylation sites (tertiary alicyclic amines) is 1. The number of hydrogen-bond acceptors (Lipinski definition) is 5. The van der Waals surface area contributed by atoms with Gasteiger partial charge in [0, 0.05) is 38.6 Å². The molecule has 2 atom stereocenters. The molecular formula is C19H32N4O5. The van der Waals surface area contributed by atoms with Crippen molar-refractivity contribution in [1.82, 2.24) is 20.0 Å². The first-order valence-corrected chi connectivity index (χ1v) is 10.3. The molecule has 3 aliphatic rings. The summed E-state index contributed by atoms with van der Waals surface area (Å²) >= 11 is 0. The zero-order chi connectivity index (χ0) is 20.1. The van der Waals surface area contributed by atoms with Gasteiger partial charge in [-0.05, 0) is 19.9 Å². The number of aliphatic carboxylic acids is 1. The smallest absolute Gasteiger partial charge is 0.317 e. The molecule has 158 valence electrons. The summed E-state index contributed by atoms with van der Waals surface area (Å²) in [6, 6.07) is 0.0241. The van der Waals surface area contributed by atoms with E-state index in [9.17, 15) is 14.4 Å². The van der Waals surface area contributed by atoms with Gasteiger partial charge in [-0.2, -0.15) is 0 Å². The molecule has 0 aromatic carbocycles. The van der Waals surface area contributed by atoms with E-state index in [2.05, 4.69) is 5.32 Å². The number of carbonyl (C=O) groups excluding carboxylic acids is 2. The quantitative estimate of drug-likeness (QED) is 0.672. The van der Waals surface area contributed by atoms with E-state index >= 15 is 0 Å². The lowest BCUT2D eigenvalue weighted by molar-refractivity contribution is -0.138. The maximum absolute atomic E-state index is 12.7. The molecule has 0 radical (unpaired) electrons. The van der Waals surface area contributed by atoms with E-state index in [1.807, 2.05) is 4.90 Å². The van der Waals surface area contributed by atoms with Crippen molar-refractivity contribution in [3.8, 4) is 0 Å². The second-order valence-corrected chi connectivity index (χ2v) is 8.22. The molecule has 1 saturated carbocycles. The maximum Gasteiger partial charge on any atom is 0.317 e. The van der Waals surface area contributed by atoms with Crippen molar-refractivity contribution >= 4 is 17.9 Å². The first-order chi connectivity index (χ1) is 13.4. The van der Waals surface area contributed by atoms with Gasteiger partial charge in [0.05, 0.1) is 25.3 Å². The van der Waals surface area contributed by atoms with Crippen molar-refractivity contribution < 1.29 is 24.2 Å². The molecule has 0 bridgehead atoms. The van der Waals surface area contributed by atoms with Crippen molar-refractivity contribution in [2.75, 3.05) is 46.4 Å². The van der Waals surface area contributed by atoms with E-state index in [0.29, 0.717) is 45.2 Å². The average Bonchev–Trinajstić information content (AvgIpc) is 3.02. The number of carboxylic acids is 1. The Bertz CT molecular complexity index is 581. The molecule has 0 aromatic heterocycles. The van der Waals surface area contributed by atoms with Gasteiger partial charge >= 0.3 is 12.0 Å². The van der Waals surface area contributed by atoms with Gasteiger partial charge in [0.15, 0.2) is 0 Å². The van der Waals surface area contributed by atoms with Gasteiger partial charge in [0.1, 0.15) is 0 Å². The van der Waals surface area contributed by atoms with Crippen LogP contribution >= 0.6 is 0 Å². The van der Waals surface area contributed by atoms with Gasteiger partial charge in [0.2, 0.25) is 5.91 Å². The molecule has 0 spiro atoms. The van der Waals surface area contributed by atoms with Crippen LogP contribution in [0.1, 0.15) is 38.5 Å². The maximum atomic E-state index is 12.7. The molecule has 2 saturated heterocycles. The Balaban J connectivity index is 1.46. The number of ether oxygens (including phenoxy) is 1. The highest BCUT2D eigenvalue weighted by Gasteiger charge is 2.36. The van der Waals surface area contributed by atoms with Crippen LogP contribution in [-0.2, 0) is 14.3 Å². The number of nitrogens with one attached hydrogen (secondary N) is 1. The standard InChI is InChI=1S/C19H32N4O5/c1-21(13-18(25)26)11-16-12-22(7-8-28-16)19(27)20-14-9-17(24)23(10-14)15-5-3-2-4-6-15/h14-16H,2-13H2,1H3,(H,20,27)(H,25,26). The third-order valence-electron chi connectivity index (χ3n) is 5.85. The van der Waals surface area contributed by atoms with Crippen LogP contribution in [0.4, 0.5) is 4.79 Å². The first kappa shape index (κ1) is 20.9. The zero-order valence-electron chi connectivity index (χ0n) is 16.6. The number of likely N-dealkylation sites (N-methyl/N-ethyl adjacent to an activating group) is 1. The van der Waals surface area contributed by atoms with Gasteiger partial charge in [-0.3, -0.25) is 14.5 Å². The van der Waals surface area contributed by atoms with Gasteiger partial charge in [-0.1, -0.05) is 19.3 Å². The summed E-state index contributed by atoms with van der Waals surface area (Å²) in [5, 5.41) is 11.9. The molecule has 28 heavy (non-hydrogen) atoms. The summed E-state index contributed by atoms with van der Waals surface area (Å²) in [6.07, 6.45) is 5.90. The third kappa shape index (κ3) is 5.57. The Morgan fingerprint density at radius 1 is 1.25 bits per heavy atom. The summed E-state index contributed by atoms with van der Waals surface area (Å²) in [5.74, 6) is -0.742. The molecule has 2 N–H and O–H groups in total. The highest BCUT2D eigenvalue weighted by atomic mass is 16.5. The summed E-state index contributed by atoms with van der Waals surface area (Å²) in [5.41, 5.74) is 0. The van der Waals surface area contributed by atoms with E-state index in [1.54, 1.807) is 16.8 Å². The minimum absolute atomic E-state index is 0.0623. The zero-order valence-corrected chi connectivity index (χ0v) is 16.6. The number of carbonyl (C=O) groups is 3. The normalized spacial score (nSPS) is 26.7. The van der Waals surface area contributed by atoms with Crippen LogP contribution in [-0.4, -0.2) is 102 Å². The van der Waals surface area contributed by atoms with Crippen LogP contribution < -0.4 is 5.32 Å². The second-order valence-electron chi connectivity index (χ2n) is 8.22. The van der Waals surface area contributed by atoms with E-state index in [-0.39, 0.29) is 30.6 Å². The Morgan fingerprint density at radius 2 is 2.00 bits per heavy atom. The number of rotatable bonds is 6. The second kappa shape index (κ2) is 9.56. The number of hydrogen-bond donors (Lipinski definition) is 2. The number of nitrogens with zero attached hydrogens (tertiary/aromatic N) is 3. The topological polar surface area (TPSA) is 102 Å². The van der Waals surface area contributed by atoms with Crippen molar-refractivity contribution in [3.63, 3.8) is 0 Å². The van der Waals surface area contributed by atoms with E-state index in [1.165, 1.54) is 19.3 Å². The minimum atomic E-state index is -0.888. The van der Waals surface area contributed by atoms with Gasteiger partial charge in [-0.15, -0.1) is 0 Å². The van der Waals surface area contributed by atoms with Gasteiger partial charge < -0.3 is 25.0 Å². The molecule has 2 unspecified atom stereocenters. The van der Waals surface area contributed by atoms with Gasteiger partial charge in [-0.25, -0.2) is 4.79 Å².